The lowest BCUT2D eigenvalue weighted by molar-refractivity contribution is -0.115. The van der Waals surface area contributed by atoms with Crippen molar-refractivity contribution in [3.05, 3.63) is 41.0 Å². The molecule has 1 aromatic rings. The maximum Gasteiger partial charge on any atom is 0.159 e. The molecule has 0 amide bonds. The summed E-state index contributed by atoms with van der Waals surface area (Å²) in [5.74, 6) is 0.589. The number of ketones is 1. The molecule has 1 aliphatic carbocycles. The molecule has 0 saturated carbocycles. The van der Waals surface area contributed by atoms with Crippen LogP contribution in [0.25, 0.3) is 0 Å². The topological polar surface area (TPSA) is 37.3 Å². The minimum Gasteiger partial charge on any atom is -0.508 e. The van der Waals surface area contributed by atoms with Crippen LogP contribution in [0.15, 0.2) is 35.4 Å². The van der Waals surface area contributed by atoms with E-state index in [4.69, 9.17) is 0 Å². The van der Waals surface area contributed by atoms with Gasteiger partial charge in [0.25, 0.3) is 0 Å². The van der Waals surface area contributed by atoms with Crippen LogP contribution in [-0.2, 0) is 11.2 Å². The molecule has 0 saturated heterocycles. The Kier molecular flexibility index (Phi) is 4.19. The number of hydrogen-bond acceptors (Lipinski definition) is 2. The normalized spacial score (nSPS) is 15.5. The molecule has 2 nitrogen and oxygen atoms in total. The van der Waals surface area contributed by atoms with Crippen LogP contribution in [-0.4, -0.2) is 10.9 Å². The number of rotatable bonds is 5. The van der Waals surface area contributed by atoms with E-state index in [0.717, 1.165) is 30.4 Å². The summed E-state index contributed by atoms with van der Waals surface area (Å²) in [6.07, 6.45) is 5.76. The summed E-state index contributed by atoms with van der Waals surface area (Å²) in [6, 6.07) is 7.15. The van der Waals surface area contributed by atoms with Crippen molar-refractivity contribution < 1.29 is 9.90 Å². The van der Waals surface area contributed by atoms with E-state index in [1.807, 2.05) is 12.1 Å². The predicted octanol–water partition coefficient (Wildman–Crippen LogP) is 3.78. The Morgan fingerprint density at radius 3 is 2.56 bits per heavy atom. The second-order valence-electron chi connectivity index (χ2n) is 4.95. The van der Waals surface area contributed by atoms with E-state index < -0.39 is 0 Å². The highest BCUT2D eigenvalue weighted by molar-refractivity contribution is 5.99. The quantitative estimate of drug-likeness (QED) is 0.855. The van der Waals surface area contributed by atoms with Crippen molar-refractivity contribution in [1.29, 1.82) is 0 Å². The van der Waals surface area contributed by atoms with Crippen LogP contribution < -0.4 is 0 Å². The summed E-state index contributed by atoms with van der Waals surface area (Å²) in [4.78, 5) is 11.9. The molecule has 0 fully saturated rings. The van der Waals surface area contributed by atoms with E-state index in [0.29, 0.717) is 12.2 Å². The van der Waals surface area contributed by atoms with Crippen LogP contribution in [0, 0.1) is 0 Å². The van der Waals surface area contributed by atoms with E-state index in [9.17, 15) is 9.90 Å². The van der Waals surface area contributed by atoms with Gasteiger partial charge in [0, 0.05) is 12.8 Å². The standard InChI is InChI=1S/C16H20O2/c1-2-3-4-13-7-10-16(18)15(13)11-12-5-8-14(17)9-6-12/h5-6,8-9,17H,2-4,7,10-11H2,1H3. The van der Waals surface area contributed by atoms with Crippen LogP contribution in [0.5, 0.6) is 5.75 Å². The fourth-order valence-corrected chi connectivity index (χ4v) is 2.47. The van der Waals surface area contributed by atoms with Crippen molar-refractivity contribution in [2.45, 2.75) is 45.4 Å². The largest absolute Gasteiger partial charge is 0.508 e. The van der Waals surface area contributed by atoms with Gasteiger partial charge in [-0.1, -0.05) is 31.1 Å². The molecule has 0 heterocycles. The number of unbranched alkanes of at least 4 members (excludes halogenated alkanes) is 1. The first-order valence-electron chi connectivity index (χ1n) is 6.72. The minimum atomic E-state index is 0.275. The number of Topliss-reactive ketones (excluding diaryl/α,β-unsaturated/α-hetero) is 1. The number of carbonyl (C=O) groups is 1. The third-order valence-electron chi connectivity index (χ3n) is 3.57. The van der Waals surface area contributed by atoms with E-state index in [2.05, 4.69) is 6.92 Å². The van der Waals surface area contributed by atoms with Crippen LogP contribution in [0.1, 0.15) is 44.6 Å². The molecule has 2 heteroatoms. The summed E-state index contributed by atoms with van der Waals surface area (Å²) in [5.41, 5.74) is 3.48. The third kappa shape index (κ3) is 3.00. The molecule has 0 aromatic heterocycles. The van der Waals surface area contributed by atoms with Crippen molar-refractivity contribution >= 4 is 5.78 Å². The van der Waals surface area contributed by atoms with Gasteiger partial charge in [-0.2, -0.15) is 0 Å². The van der Waals surface area contributed by atoms with Gasteiger partial charge in [-0.25, -0.2) is 0 Å². The number of phenols is 1. The molecule has 1 aromatic carbocycles. The molecule has 1 N–H and O–H groups in total. The average Bonchev–Trinajstić information content (AvgIpc) is 2.71. The zero-order valence-corrected chi connectivity index (χ0v) is 10.9. The maximum atomic E-state index is 11.9. The summed E-state index contributed by atoms with van der Waals surface area (Å²) in [6.45, 7) is 2.18. The lowest BCUT2D eigenvalue weighted by Gasteiger charge is -2.06. The first kappa shape index (κ1) is 12.9. The second kappa shape index (κ2) is 5.85. The van der Waals surface area contributed by atoms with Crippen LogP contribution in [0.4, 0.5) is 0 Å². The van der Waals surface area contributed by atoms with Crippen LogP contribution in [0.2, 0.25) is 0 Å². The highest BCUT2D eigenvalue weighted by Gasteiger charge is 2.22. The van der Waals surface area contributed by atoms with E-state index >= 15 is 0 Å². The zero-order chi connectivity index (χ0) is 13.0. The molecule has 0 aliphatic heterocycles. The molecule has 0 atom stereocenters. The van der Waals surface area contributed by atoms with Gasteiger partial charge in [-0.3, -0.25) is 4.79 Å². The Balaban J connectivity index is 2.13. The Labute approximate surface area is 108 Å². The first-order chi connectivity index (χ1) is 8.70. The number of carbonyl (C=O) groups excluding carboxylic acids is 1. The molecular weight excluding hydrogens is 224 g/mol. The number of allylic oxidation sites excluding steroid dienone is 2. The summed E-state index contributed by atoms with van der Waals surface area (Å²) in [5, 5.41) is 9.26. The van der Waals surface area contributed by atoms with E-state index in [-0.39, 0.29) is 5.75 Å². The van der Waals surface area contributed by atoms with Gasteiger partial charge >= 0.3 is 0 Å². The van der Waals surface area contributed by atoms with Gasteiger partial charge in [0.05, 0.1) is 0 Å². The molecule has 2 rings (SSSR count). The Morgan fingerprint density at radius 2 is 1.89 bits per heavy atom. The molecule has 18 heavy (non-hydrogen) atoms. The van der Waals surface area contributed by atoms with Gasteiger partial charge in [0.15, 0.2) is 5.78 Å². The van der Waals surface area contributed by atoms with Gasteiger partial charge in [0.1, 0.15) is 5.75 Å². The fourth-order valence-electron chi connectivity index (χ4n) is 2.47. The number of hydrogen-bond donors (Lipinski definition) is 1. The molecule has 96 valence electrons. The highest BCUT2D eigenvalue weighted by atomic mass is 16.3. The Hall–Kier alpha value is -1.57. The molecule has 0 radical (unpaired) electrons. The van der Waals surface area contributed by atoms with Gasteiger partial charge in [-0.05, 0) is 42.5 Å². The zero-order valence-electron chi connectivity index (χ0n) is 10.9. The molecule has 0 unspecified atom stereocenters. The number of aromatic hydroxyl groups is 1. The van der Waals surface area contributed by atoms with Crippen molar-refractivity contribution in [2.75, 3.05) is 0 Å². The molecule has 0 spiro atoms. The lowest BCUT2D eigenvalue weighted by atomic mass is 9.98. The molecule has 0 bridgehead atoms. The van der Waals surface area contributed by atoms with Gasteiger partial charge < -0.3 is 5.11 Å². The Bertz CT molecular complexity index is 454. The fraction of sp³-hybridized carbons (Fsp3) is 0.438. The minimum absolute atomic E-state index is 0.275. The third-order valence-corrected chi connectivity index (χ3v) is 3.57. The van der Waals surface area contributed by atoms with Crippen molar-refractivity contribution in [2.24, 2.45) is 0 Å². The van der Waals surface area contributed by atoms with Crippen LogP contribution >= 0.6 is 0 Å². The summed E-state index contributed by atoms with van der Waals surface area (Å²) in [7, 11) is 0. The monoisotopic (exact) mass is 244 g/mol. The predicted molar refractivity (Wildman–Crippen MR) is 72.6 cm³/mol. The summed E-state index contributed by atoms with van der Waals surface area (Å²) >= 11 is 0. The molecule has 1 aliphatic rings. The second-order valence-corrected chi connectivity index (χ2v) is 4.95. The Morgan fingerprint density at radius 1 is 1.17 bits per heavy atom. The summed E-state index contributed by atoms with van der Waals surface area (Å²) < 4.78 is 0. The van der Waals surface area contributed by atoms with Crippen molar-refractivity contribution in [1.82, 2.24) is 0 Å². The number of benzene rings is 1. The average molecular weight is 244 g/mol. The van der Waals surface area contributed by atoms with Crippen molar-refractivity contribution in [3.63, 3.8) is 0 Å². The van der Waals surface area contributed by atoms with E-state index in [1.54, 1.807) is 12.1 Å². The molecular formula is C16H20O2. The van der Waals surface area contributed by atoms with Gasteiger partial charge in [-0.15, -0.1) is 0 Å². The highest BCUT2D eigenvalue weighted by Crippen LogP contribution is 2.29. The maximum absolute atomic E-state index is 11.9. The SMILES string of the molecule is CCCCC1=C(Cc2ccc(O)cc2)C(=O)CC1. The van der Waals surface area contributed by atoms with Crippen LogP contribution in [0.3, 0.4) is 0 Å². The first-order valence-corrected chi connectivity index (χ1v) is 6.72. The van der Waals surface area contributed by atoms with E-state index in [1.165, 1.54) is 18.4 Å². The van der Waals surface area contributed by atoms with Gasteiger partial charge in [0.2, 0.25) is 0 Å². The smallest absolute Gasteiger partial charge is 0.159 e. The van der Waals surface area contributed by atoms with Crippen molar-refractivity contribution in [3.8, 4) is 5.75 Å². The lowest BCUT2D eigenvalue weighted by Crippen LogP contribution is -2.00. The number of phenolic OH excluding ortho intramolecular Hbond substituents is 1.